The molecule has 0 aromatic heterocycles. The molecule has 0 aliphatic rings. The van der Waals surface area contributed by atoms with E-state index in [0.717, 1.165) is 18.4 Å². The van der Waals surface area contributed by atoms with Crippen LogP contribution in [-0.2, 0) is 11.2 Å². The highest BCUT2D eigenvalue weighted by molar-refractivity contribution is 6.35. The van der Waals surface area contributed by atoms with Crippen molar-refractivity contribution < 1.29 is 4.79 Å². The molecule has 0 aliphatic heterocycles. The van der Waals surface area contributed by atoms with Gasteiger partial charge in [-0.3, -0.25) is 4.79 Å². The lowest BCUT2D eigenvalue weighted by Gasteiger charge is -2.28. The molecule has 0 aliphatic carbocycles. The summed E-state index contributed by atoms with van der Waals surface area (Å²) < 4.78 is 0. The molecular formula is C15H22Cl2N2O. The number of hydrogen-bond acceptors (Lipinski definition) is 2. The number of halogens is 2. The van der Waals surface area contributed by atoms with Crippen molar-refractivity contribution in [3.63, 3.8) is 0 Å². The molecule has 0 fully saturated rings. The van der Waals surface area contributed by atoms with Crippen molar-refractivity contribution in [1.29, 1.82) is 0 Å². The molecule has 112 valence electrons. The first-order valence-corrected chi connectivity index (χ1v) is 7.67. The number of carbonyl (C=O) groups excluding carboxylic acids is 1. The monoisotopic (exact) mass is 316 g/mol. The van der Waals surface area contributed by atoms with Crippen LogP contribution in [0.5, 0.6) is 0 Å². The number of nitrogens with two attached hydrogens (primary N) is 1. The Morgan fingerprint density at radius 2 is 1.95 bits per heavy atom. The van der Waals surface area contributed by atoms with Crippen LogP contribution >= 0.6 is 23.2 Å². The van der Waals surface area contributed by atoms with Crippen molar-refractivity contribution in [3.05, 3.63) is 33.8 Å². The third-order valence-electron chi connectivity index (χ3n) is 3.92. The Morgan fingerprint density at radius 3 is 2.45 bits per heavy atom. The van der Waals surface area contributed by atoms with Gasteiger partial charge in [0.2, 0.25) is 5.91 Å². The third-order valence-corrected chi connectivity index (χ3v) is 4.51. The zero-order chi connectivity index (χ0) is 15.2. The van der Waals surface area contributed by atoms with Crippen LogP contribution in [0, 0.1) is 5.41 Å². The van der Waals surface area contributed by atoms with Gasteiger partial charge in [0.25, 0.3) is 0 Å². The Hall–Kier alpha value is -0.770. The highest BCUT2D eigenvalue weighted by Gasteiger charge is 2.32. The molecule has 0 heterocycles. The minimum absolute atomic E-state index is 0.0232. The van der Waals surface area contributed by atoms with Crippen LogP contribution in [0.15, 0.2) is 18.2 Å². The first kappa shape index (κ1) is 17.3. The molecule has 1 aromatic carbocycles. The van der Waals surface area contributed by atoms with Crippen LogP contribution in [0.3, 0.4) is 0 Å². The molecule has 0 saturated carbocycles. The molecule has 1 rings (SSSR count). The highest BCUT2D eigenvalue weighted by atomic mass is 35.5. The zero-order valence-electron chi connectivity index (χ0n) is 12.0. The normalized spacial score (nSPS) is 11.4. The molecule has 20 heavy (non-hydrogen) atoms. The van der Waals surface area contributed by atoms with Gasteiger partial charge in [-0.1, -0.05) is 43.1 Å². The van der Waals surface area contributed by atoms with E-state index in [1.165, 1.54) is 0 Å². The van der Waals surface area contributed by atoms with Crippen molar-refractivity contribution in [2.24, 2.45) is 11.1 Å². The predicted molar refractivity (Wildman–Crippen MR) is 85.2 cm³/mol. The lowest BCUT2D eigenvalue weighted by atomic mass is 9.81. The van der Waals surface area contributed by atoms with Gasteiger partial charge in [-0.05, 0) is 37.0 Å². The quantitative estimate of drug-likeness (QED) is 0.809. The average Bonchev–Trinajstić information content (AvgIpc) is 2.44. The molecule has 0 radical (unpaired) electrons. The molecule has 3 N–H and O–H groups in total. The van der Waals surface area contributed by atoms with Gasteiger partial charge >= 0.3 is 0 Å². The molecule has 0 bridgehead atoms. The smallest absolute Gasteiger partial charge is 0.227 e. The highest BCUT2D eigenvalue weighted by Crippen LogP contribution is 2.25. The van der Waals surface area contributed by atoms with Gasteiger partial charge in [-0.2, -0.15) is 0 Å². The summed E-state index contributed by atoms with van der Waals surface area (Å²) in [5, 5.41) is 4.20. The molecular weight excluding hydrogens is 295 g/mol. The lowest BCUT2D eigenvalue weighted by molar-refractivity contribution is -0.131. The van der Waals surface area contributed by atoms with Crippen LogP contribution in [0.2, 0.25) is 10.0 Å². The predicted octanol–water partition coefficient (Wildman–Crippen LogP) is 3.42. The summed E-state index contributed by atoms with van der Waals surface area (Å²) in [6.45, 7) is 4.90. The summed E-state index contributed by atoms with van der Waals surface area (Å²) in [5.74, 6) is 0.0232. The van der Waals surface area contributed by atoms with Crippen molar-refractivity contribution in [2.45, 2.75) is 33.1 Å². The van der Waals surface area contributed by atoms with Crippen molar-refractivity contribution in [2.75, 3.05) is 13.1 Å². The fourth-order valence-corrected chi connectivity index (χ4v) is 2.68. The molecule has 0 unspecified atom stereocenters. The van der Waals surface area contributed by atoms with E-state index in [4.69, 9.17) is 28.9 Å². The number of benzene rings is 1. The van der Waals surface area contributed by atoms with Crippen LogP contribution in [0.25, 0.3) is 0 Å². The first-order chi connectivity index (χ1) is 9.49. The number of carbonyl (C=O) groups is 1. The summed E-state index contributed by atoms with van der Waals surface area (Å²) in [6.07, 6.45) is 2.16. The Morgan fingerprint density at radius 1 is 1.30 bits per heavy atom. The van der Waals surface area contributed by atoms with E-state index in [1.807, 2.05) is 19.9 Å². The molecule has 0 atom stereocenters. The van der Waals surface area contributed by atoms with E-state index < -0.39 is 5.41 Å². The Bertz CT molecular complexity index is 451. The van der Waals surface area contributed by atoms with Gasteiger partial charge in [0.15, 0.2) is 0 Å². The maximum Gasteiger partial charge on any atom is 0.227 e. The second-order valence-corrected chi connectivity index (χ2v) is 5.78. The van der Waals surface area contributed by atoms with Gasteiger partial charge < -0.3 is 11.1 Å². The Balaban J connectivity index is 2.57. The van der Waals surface area contributed by atoms with E-state index >= 15 is 0 Å². The van der Waals surface area contributed by atoms with E-state index in [0.29, 0.717) is 29.6 Å². The van der Waals surface area contributed by atoms with Gasteiger partial charge in [0.1, 0.15) is 0 Å². The van der Waals surface area contributed by atoms with E-state index in [2.05, 4.69) is 5.32 Å². The number of amides is 1. The van der Waals surface area contributed by atoms with Crippen LogP contribution < -0.4 is 11.1 Å². The Labute approximate surface area is 130 Å². The Kier molecular flexibility index (Phi) is 6.80. The van der Waals surface area contributed by atoms with Gasteiger partial charge in [-0.25, -0.2) is 0 Å². The fourth-order valence-electron chi connectivity index (χ4n) is 2.18. The summed E-state index contributed by atoms with van der Waals surface area (Å²) in [5.41, 5.74) is 6.28. The lowest BCUT2D eigenvalue weighted by Crippen LogP contribution is -2.45. The molecule has 1 aromatic rings. The first-order valence-electron chi connectivity index (χ1n) is 6.91. The summed E-state index contributed by atoms with van der Waals surface area (Å²) >= 11 is 11.9. The standard InChI is InChI=1S/C15H22Cl2N2O/c1-3-15(4-2,10-18)14(20)19-8-7-11-5-6-12(16)9-13(11)17/h5-6,9H,3-4,7-8,10,18H2,1-2H3,(H,19,20). The van der Waals surface area contributed by atoms with Gasteiger partial charge in [0.05, 0.1) is 5.41 Å². The second kappa shape index (κ2) is 7.87. The van der Waals surface area contributed by atoms with Gasteiger partial charge in [-0.15, -0.1) is 0 Å². The third kappa shape index (κ3) is 4.11. The summed E-state index contributed by atoms with van der Waals surface area (Å²) in [4.78, 5) is 12.2. The van der Waals surface area contributed by atoms with Crippen LogP contribution in [0.1, 0.15) is 32.3 Å². The topological polar surface area (TPSA) is 55.1 Å². The van der Waals surface area contributed by atoms with Gasteiger partial charge in [0, 0.05) is 23.1 Å². The SMILES string of the molecule is CCC(CC)(CN)C(=O)NCCc1ccc(Cl)cc1Cl. The van der Waals surface area contributed by atoms with Crippen molar-refractivity contribution >= 4 is 29.1 Å². The maximum absolute atomic E-state index is 12.2. The molecule has 3 nitrogen and oxygen atoms in total. The molecule has 1 amide bonds. The van der Waals surface area contributed by atoms with E-state index in [1.54, 1.807) is 12.1 Å². The van der Waals surface area contributed by atoms with E-state index in [9.17, 15) is 4.79 Å². The zero-order valence-corrected chi connectivity index (χ0v) is 13.5. The number of nitrogens with one attached hydrogen (secondary N) is 1. The molecule has 0 spiro atoms. The second-order valence-electron chi connectivity index (χ2n) is 4.93. The molecule has 5 heteroatoms. The number of hydrogen-bond donors (Lipinski definition) is 2. The van der Waals surface area contributed by atoms with E-state index in [-0.39, 0.29) is 5.91 Å². The van der Waals surface area contributed by atoms with Crippen molar-refractivity contribution in [3.8, 4) is 0 Å². The van der Waals surface area contributed by atoms with Crippen molar-refractivity contribution in [1.82, 2.24) is 5.32 Å². The summed E-state index contributed by atoms with van der Waals surface area (Å²) in [7, 11) is 0. The molecule has 0 saturated heterocycles. The largest absolute Gasteiger partial charge is 0.355 e. The fraction of sp³-hybridized carbons (Fsp3) is 0.533. The minimum Gasteiger partial charge on any atom is -0.355 e. The minimum atomic E-state index is -0.455. The number of rotatable bonds is 7. The van der Waals surface area contributed by atoms with Crippen LogP contribution in [-0.4, -0.2) is 19.0 Å². The maximum atomic E-state index is 12.2. The average molecular weight is 317 g/mol. The summed E-state index contributed by atoms with van der Waals surface area (Å²) in [6, 6.07) is 5.39. The van der Waals surface area contributed by atoms with Crippen LogP contribution in [0.4, 0.5) is 0 Å².